The quantitative estimate of drug-likeness (QED) is 0.911. The Labute approximate surface area is 103 Å². The maximum Gasteiger partial charge on any atom is 0.147 e. The predicted molar refractivity (Wildman–Crippen MR) is 62.1 cm³/mol. The topological polar surface area (TPSA) is 42.4 Å². The molecule has 5 heteroatoms. The van der Waals surface area contributed by atoms with Crippen molar-refractivity contribution in [2.45, 2.75) is 6.61 Å². The van der Waals surface area contributed by atoms with E-state index in [1.165, 1.54) is 25.3 Å². The van der Waals surface area contributed by atoms with Gasteiger partial charge in [0.1, 0.15) is 17.4 Å². The van der Waals surface area contributed by atoms with Crippen LogP contribution in [0.5, 0.6) is 5.75 Å². The van der Waals surface area contributed by atoms with E-state index in [9.17, 15) is 8.78 Å². The van der Waals surface area contributed by atoms with Crippen LogP contribution in [-0.4, -0.2) is 17.2 Å². The van der Waals surface area contributed by atoms with Crippen molar-refractivity contribution in [1.82, 2.24) is 4.98 Å². The van der Waals surface area contributed by atoms with Crippen LogP contribution in [0, 0.1) is 11.6 Å². The highest BCUT2D eigenvalue weighted by molar-refractivity contribution is 5.61. The van der Waals surface area contributed by atoms with Crippen molar-refractivity contribution >= 4 is 0 Å². The van der Waals surface area contributed by atoms with E-state index in [1.54, 1.807) is 6.07 Å². The Morgan fingerprint density at radius 3 is 2.61 bits per heavy atom. The summed E-state index contributed by atoms with van der Waals surface area (Å²) in [6, 6.07) is 5.62. The normalized spacial score (nSPS) is 10.4. The molecule has 0 spiro atoms. The van der Waals surface area contributed by atoms with E-state index in [-0.39, 0.29) is 16.8 Å². The standard InChI is InChI=1S/C13H11F2NO2/c1-18-9-2-3-10(11(14)5-9)13-4-8(7-17)12(15)6-16-13/h2-6,17H,7H2,1H3. The van der Waals surface area contributed by atoms with Gasteiger partial charge in [0.25, 0.3) is 0 Å². The maximum atomic E-state index is 13.8. The van der Waals surface area contributed by atoms with E-state index in [2.05, 4.69) is 4.98 Å². The number of rotatable bonds is 3. The van der Waals surface area contributed by atoms with Gasteiger partial charge in [-0.3, -0.25) is 4.98 Å². The molecule has 2 rings (SSSR count). The minimum atomic E-state index is -0.616. The summed E-state index contributed by atoms with van der Waals surface area (Å²) < 4.78 is 31.8. The Morgan fingerprint density at radius 2 is 2.00 bits per heavy atom. The van der Waals surface area contributed by atoms with Crippen molar-refractivity contribution in [3.05, 3.63) is 47.7 Å². The number of hydrogen-bond acceptors (Lipinski definition) is 3. The number of benzene rings is 1. The largest absolute Gasteiger partial charge is 0.497 e. The van der Waals surface area contributed by atoms with Gasteiger partial charge in [-0.15, -0.1) is 0 Å². The van der Waals surface area contributed by atoms with Crippen LogP contribution in [0.25, 0.3) is 11.3 Å². The minimum absolute atomic E-state index is 0.0789. The van der Waals surface area contributed by atoms with Crippen molar-refractivity contribution in [2.75, 3.05) is 7.11 Å². The lowest BCUT2D eigenvalue weighted by molar-refractivity contribution is 0.275. The molecule has 0 amide bonds. The first kappa shape index (κ1) is 12.4. The molecule has 18 heavy (non-hydrogen) atoms. The first-order valence-electron chi connectivity index (χ1n) is 5.25. The average Bonchev–Trinajstić information content (AvgIpc) is 2.39. The fourth-order valence-electron chi connectivity index (χ4n) is 1.58. The fraction of sp³-hybridized carbons (Fsp3) is 0.154. The number of aliphatic hydroxyl groups excluding tert-OH is 1. The third kappa shape index (κ3) is 2.31. The monoisotopic (exact) mass is 251 g/mol. The summed E-state index contributed by atoms with van der Waals surface area (Å²) in [6.07, 6.45) is 0.963. The zero-order chi connectivity index (χ0) is 13.1. The predicted octanol–water partition coefficient (Wildman–Crippen LogP) is 2.53. The van der Waals surface area contributed by atoms with Crippen LogP contribution in [0.4, 0.5) is 8.78 Å². The van der Waals surface area contributed by atoms with Crippen LogP contribution in [0.3, 0.4) is 0 Å². The molecule has 0 bridgehead atoms. The first-order chi connectivity index (χ1) is 8.65. The van der Waals surface area contributed by atoms with E-state index >= 15 is 0 Å². The second kappa shape index (κ2) is 5.10. The van der Waals surface area contributed by atoms with Crippen molar-refractivity contribution in [3.63, 3.8) is 0 Å². The Bertz CT molecular complexity index is 573. The van der Waals surface area contributed by atoms with Gasteiger partial charge in [0.15, 0.2) is 0 Å². The molecule has 0 unspecified atom stereocenters. The van der Waals surface area contributed by atoms with Gasteiger partial charge in [-0.1, -0.05) is 0 Å². The van der Waals surface area contributed by atoms with Crippen LogP contribution in [-0.2, 0) is 6.61 Å². The number of methoxy groups -OCH3 is 1. The number of nitrogens with zero attached hydrogens (tertiary/aromatic N) is 1. The summed E-state index contributed by atoms with van der Waals surface area (Å²) in [5, 5.41) is 8.96. The smallest absolute Gasteiger partial charge is 0.147 e. The van der Waals surface area contributed by atoms with Crippen LogP contribution in [0.15, 0.2) is 30.5 Å². The number of aromatic nitrogens is 1. The molecule has 1 heterocycles. The molecular formula is C13H11F2NO2. The second-order valence-corrected chi connectivity index (χ2v) is 3.66. The fourth-order valence-corrected chi connectivity index (χ4v) is 1.58. The molecule has 1 N–H and O–H groups in total. The summed E-state index contributed by atoms with van der Waals surface area (Å²) in [6.45, 7) is -0.459. The molecule has 0 aliphatic heterocycles. The molecule has 0 aliphatic rings. The lowest BCUT2D eigenvalue weighted by atomic mass is 10.1. The van der Waals surface area contributed by atoms with Gasteiger partial charge in [-0.05, 0) is 18.2 Å². The molecular weight excluding hydrogens is 240 g/mol. The first-order valence-corrected chi connectivity index (χ1v) is 5.25. The lowest BCUT2D eigenvalue weighted by Gasteiger charge is -2.07. The highest BCUT2D eigenvalue weighted by Crippen LogP contribution is 2.25. The average molecular weight is 251 g/mol. The van der Waals surface area contributed by atoms with Crippen molar-refractivity contribution in [1.29, 1.82) is 0 Å². The molecule has 1 aromatic heterocycles. The molecule has 3 nitrogen and oxygen atoms in total. The SMILES string of the molecule is COc1ccc(-c2cc(CO)c(F)cn2)c(F)c1. The van der Waals surface area contributed by atoms with Gasteiger partial charge >= 0.3 is 0 Å². The van der Waals surface area contributed by atoms with Crippen molar-refractivity contribution in [3.8, 4) is 17.0 Å². The summed E-state index contributed by atoms with van der Waals surface area (Å²) in [5.74, 6) is -0.742. The van der Waals surface area contributed by atoms with Crippen molar-refractivity contribution < 1.29 is 18.6 Å². The summed E-state index contributed by atoms with van der Waals surface area (Å²) in [7, 11) is 1.44. The van der Waals surface area contributed by atoms with Crippen LogP contribution < -0.4 is 4.74 Å². The molecule has 0 fully saturated rings. The Kier molecular flexibility index (Phi) is 3.53. The molecule has 0 saturated carbocycles. The highest BCUT2D eigenvalue weighted by atomic mass is 19.1. The van der Waals surface area contributed by atoms with Crippen LogP contribution in [0.1, 0.15) is 5.56 Å². The Morgan fingerprint density at radius 1 is 1.22 bits per heavy atom. The van der Waals surface area contributed by atoms with Gasteiger partial charge in [0.2, 0.25) is 0 Å². The molecule has 0 saturated heterocycles. The second-order valence-electron chi connectivity index (χ2n) is 3.66. The van der Waals surface area contributed by atoms with Crippen LogP contribution >= 0.6 is 0 Å². The van der Waals surface area contributed by atoms with E-state index in [4.69, 9.17) is 9.84 Å². The van der Waals surface area contributed by atoms with Gasteiger partial charge in [0, 0.05) is 17.2 Å². The number of halogens is 2. The maximum absolute atomic E-state index is 13.8. The van der Waals surface area contributed by atoms with Gasteiger partial charge < -0.3 is 9.84 Å². The van der Waals surface area contributed by atoms with Crippen LogP contribution in [0.2, 0.25) is 0 Å². The van der Waals surface area contributed by atoms with Crippen molar-refractivity contribution in [2.24, 2.45) is 0 Å². The Balaban J connectivity index is 2.48. The summed E-state index contributed by atoms with van der Waals surface area (Å²) in [5.41, 5.74) is 0.571. The molecule has 0 atom stereocenters. The number of ether oxygens (including phenoxy) is 1. The lowest BCUT2D eigenvalue weighted by Crippen LogP contribution is -1.95. The number of aliphatic hydroxyl groups is 1. The number of pyridine rings is 1. The van der Waals surface area contributed by atoms with E-state index in [0.717, 1.165) is 6.20 Å². The van der Waals surface area contributed by atoms with Gasteiger partial charge in [-0.25, -0.2) is 8.78 Å². The minimum Gasteiger partial charge on any atom is -0.497 e. The summed E-state index contributed by atoms with van der Waals surface area (Å²) >= 11 is 0. The number of hydrogen-bond donors (Lipinski definition) is 1. The van der Waals surface area contributed by atoms with E-state index in [1.807, 2.05) is 0 Å². The van der Waals surface area contributed by atoms with Gasteiger partial charge in [-0.2, -0.15) is 0 Å². The molecule has 1 aromatic carbocycles. The molecule has 0 aliphatic carbocycles. The third-order valence-corrected chi connectivity index (χ3v) is 2.56. The zero-order valence-corrected chi connectivity index (χ0v) is 9.65. The highest BCUT2D eigenvalue weighted by Gasteiger charge is 2.10. The van der Waals surface area contributed by atoms with Gasteiger partial charge in [0.05, 0.1) is 25.6 Å². The third-order valence-electron chi connectivity index (χ3n) is 2.56. The molecule has 2 aromatic rings. The molecule has 94 valence electrons. The Hall–Kier alpha value is -2.01. The van der Waals surface area contributed by atoms with E-state index in [0.29, 0.717) is 5.75 Å². The molecule has 0 radical (unpaired) electrons. The summed E-state index contributed by atoms with van der Waals surface area (Å²) in [4.78, 5) is 3.81. The van der Waals surface area contributed by atoms with E-state index < -0.39 is 18.2 Å². The zero-order valence-electron chi connectivity index (χ0n) is 9.65.